The van der Waals surface area contributed by atoms with Gasteiger partial charge in [-0.1, -0.05) is 5.16 Å². The minimum Gasteiger partial charge on any atom is -0.361 e. The Hall–Kier alpha value is -2.68. The summed E-state index contributed by atoms with van der Waals surface area (Å²) in [7, 11) is -3.66. The molecule has 0 saturated heterocycles. The van der Waals surface area contributed by atoms with Crippen molar-refractivity contribution in [3.8, 4) is 0 Å². The molecule has 0 bridgehead atoms. The van der Waals surface area contributed by atoms with Crippen molar-refractivity contribution in [3.05, 3.63) is 41.3 Å². The molecule has 2 heterocycles. The van der Waals surface area contributed by atoms with Crippen molar-refractivity contribution in [3.63, 3.8) is 0 Å². The molecular weight excluding hydrogens is 344 g/mol. The quantitative estimate of drug-likeness (QED) is 0.864. The molecular formula is C16H18N4O4S. The summed E-state index contributed by atoms with van der Waals surface area (Å²) in [6, 6.07) is 5.92. The van der Waals surface area contributed by atoms with Crippen LogP contribution in [-0.2, 0) is 10.0 Å². The van der Waals surface area contributed by atoms with Crippen LogP contribution in [0, 0.1) is 13.8 Å². The number of nitrogens with zero attached hydrogens (tertiary/aromatic N) is 2. The molecule has 0 saturated carbocycles. The number of hydrogen-bond acceptors (Lipinski definition) is 6. The first-order chi connectivity index (χ1) is 11.9. The summed E-state index contributed by atoms with van der Waals surface area (Å²) in [5.41, 5.74) is 1.34. The van der Waals surface area contributed by atoms with Gasteiger partial charge in [0, 0.05) is 18.7 Å². The highest BCUT2D eigenvalue weighted by Crippen LogP contribution is 2.18. The number of aliphatic imine (C=N–C) groups is 1. The van der Waals surface area contributed by atoms with Crippen LogP contribution in [0.25, 0.3) is 0 Å². The van der Waals surface area contributed by atoms with Crippen molar-refractivity contribution in [1.29, 1.82) is 0 Å². The van der Waals surface area contributed by atoms with Crippen LogP contribution in [0.2, 0.25) is 0 Å². The summed E-state index contributed by atoms with van der Waals surface area (Å²) in [6.45, 7) is 3.98. The van der Waals surface area contributed by atoms with E-state index in [2.05, 4.69) is 20.2 Å². The zero-order valence-corrected chi connectivity index (χ0v) is 14.7. The zero-order chi connectivity index (χ0) is 18.0. The number of aryl methyl sites for hydroxylation is 2. The van der Waals surface area contributed by atoms with E-state index < -0.39 is 10.0 Å². The van der Waals surface area contributed by atoms with Crippen LogP contribution in [0.5, 0.6) is 0 Å². The van der Waals surface area contributed by atoms with Gasteiger partial charge >= 0.3 is 0 Å². The first-order valence-electron chi connectivity index (χ1n) is 7.77. The summed E-state index contributed by atoms with van der Waals surface area (Å²) in [6.07, 6.45) is 1.48. The van der Waals surface area contributed by atoms with Gasteiger partial charge in [0.05, 0.1) is 10.6 Å². The number of hydrogen-bond donors (Lipinski definition) is 2. The lowest BCUT2D eigenvalue weighted by Gasteiger charge is -2.09. The van der Waals surface area contributed by atoms with Gasteiger partial charge in [-0.3, -0.25) is 14.5 Å². The van der Waals surface area contributed by atoms with Crippen molar-refractivity contribution in [2.45, 2.75) is 31.6 Å². The lowest BCUT2D eigenvalue weighted by Crippen LogP contribution is -2.29. The van der Waals surface area contributed by atoms with E-state index in [9.17, 15) is 13.2 Å². The van der Waals surface area contributed by atoms with E-state index in [4.69, 9.17) is 4.52 Å². The third-order valence-electron chi connectivity index (χ3n) is 3.81. The standard InChI is InChI=1S/C16H18N4O4S/c1-10-15(11(2)24-19-10)16(21)18-12-5-7-13(8-6-12)25(22,23)20-14-4-3-9-17-14/h5-8H,3-4,9H2,1-2H3,(H,17,20)(H,18,21). The van der Waals surface area contributed by atoms with Gasteiger partial charge in [-0.15, -0.1) is 0 Å². The topological polar surface area (TPSA) is 114 Å². The van der Waals surface area contributed by atoms with Crippen LogP contribution in [0.3, 0.4) is 0 Å². The van der Waals surface area contributed by atoms with Gasteiger partial charge in [-0.05, 0) is 44.5 Å². The molecule has 1 aromatic carbocycles. The molecule has 1 aliphatic rings. The van der Waals surface area contributed by atoms with Gasteiger partial charge in [0.25, 0.3) is 15.9 Å². The molecule has 8 nitrogen and oxygen atoms in total. The highest BCUT2D eigenvalue weighted by atomic mass is 32.2. The monoisotopic (exact) mass is 362 g/mol. The Bertz CT molecular complexity index is 910. The van der Waals surface area contributed by atoms with Gasteiger partial charge in [0.2, 0.25) is 0 Å². The Morgan fingerprint density at radius 1 is 1.20 bits per heavy atom. The van der Waals surface area contributed by atoms with Crippen LogP contribution in [-0.4, -0.2) is 31.9 Å². The molecule has 3 rings (SSSR count). The summed E-state index contributed by atoms with van der Waals surface area (Å²) < 4.78 is 32.1. The Morgan fingerprint density at radius 2 is 1.92 bits per heavy atom. The molecule has 1 aromatic heterocycles. The molecule has 132 valence electrons. The number of carbonyl (C=O) groups excluding carboxylic acids is 1. The van der Waals surface area contributed by atoms with E-state index in [1.165, 1.54) is 24.3 Å². The second kappa shape index (κ2) is 6.67. The second-order valence-electron chi connectivity index (χ2n) is 5.72. The van der Waals surface area contributed by atoms with Crippen LogP contribution >= 0.6 is 0 Å². The minimum atomic E-state index is -3.66. The summed E-state index contributed by atoms with van der Waals surface area (Å²) in [4.78, 5) is 16.5. The average Bonchev–Trinajstić information content (AvgIpc) is 3.17. The first-order valence-corrected chi connectivity index (χ1v) is 9.25. The third kappa shape index (κ3) is 3.71. The number of sulfonamides is 1. The predicted molar refractivity (Wildman–Crippen MR) is 92.2 cm³/mol. The molecule has 9 heteroatoms. The number of aromatic nitrogens is 1. The highest BCUT2D eigenvalue weighted by Gasteiger charge is 2.20. The number of amidine groups is 1. The van der Waals surface area contributed by atoms with Crippen LogP contribution in [0.15, 0.2) is 38.7 Å². The zero-order valence-electron chi connectivity index (χ0n) is 13.9. The maximum absolute atomic E-state index is 12.3. The number of nitrogens with one attached hydrogen (secondary N) is 2. The van der Waals surface area contributed by atoms with Crippen molar-refractivity contribution in [1.82, 2.24) is 9.88 Å². The van der Waals surface area contributed by atoms with Gasteiger partial charge in [-0.2, -0.15) is 0 Å². The first kappa shape index (κ1) is 17.2. The maximum atomic E-state index is 12.3. The van der Waals surface area contributed by atoms with E-state index in [1.807, 2.05) is 0 Å². The Morgan fingerprint density at radius 3 is 2.48 bits per heavy atom. The number of anilines is 1. The van der Waals surface area contributed by atoms with Crippen molar-refractivity contribution in [2.75, 3.05) is 11.9 Å². The van der Waals surface area contributed by atoms with Gasteiger partial charge < -0.3 is 9.84 Å². The van der Waals surface area contributed by atoms with Crippen LogP contribution < -0.4 is 10.0 Å². The Balaban J connectivity index is 1.73. The number of benzene rings is 1. The number of rotatable bonds is 4. The Labute approximate surface area is 145 Å². The van der Waals surface area contributed by atoms with Crippen LogP contribution in [0.1, 0.15) is 34.7 Å². The van der Waals surface area contributed by atoms with E-state index >= 15 is 0 Å². The molecule has 1 aliphatic heterocycles. The predicted octanol–water partition coefficient (Wildman–Crippen LogP) is 2.01. The normalized spacial score (nSPS) is 14.2. The molecule has 0 aliphatic carbocycles. The summed E-state index contributed by atoms with van der Waals surface area (Å²) in [5, 5.41) is 6.44. The maximum Gasteiger partial charge on any atom is 0.262 e. The highest BCUT2D eigenvalue weighted by molar-refractivity contribution is 7.90. The summed E-state index contributed by atoms with van der Waals surface area (Å²) >= 11 is 0. The van der Waals surface area contributed by atoms with Crippen LogP contribution in [0.4, 0.5) is 5.69 Å². The largest absolute Gasteiger partial charge is 0.361 e. The third-order valence-corrected chi connectivity index (χ3v) is 5.21. The Kier molecular flexibility index (Phi) is 4.58. The molecule has 2 aromatic rings. The molecule has 0 atom stereocenters. The lowest BCUT2D eigenvalue weighted by atomic mass is 10.2. The number of amides is 1. The minimum absolute atomic E-state index is 0.109. The molecule has 1 amide bonds. The van der Waals surface area contributed by atoms with Crippen molar-refractivity contribution >= 4 is 27.5 Å². The van der Waals surface area contributed by atoms with Gasteiger partial charge in [0.1, 0.15) is 17.2 Å². The van der Waals surface area contributed by atoms with Gasteiger partial charge in [0.15, 0.2) is 0 Å². The van der Waals surface area contributed by atoms with Crippen molar-refractivity contribution in [2.24, 2.45) is 4.99 Å². The molecule has 0 radical (unpaired) electrons. The molecule has 0 spiro atoms. The molecule has 0 unspecified atom stereocenters. The van der Waals surface area contributed by atoms with Crippen molar-refractivity contribution < 1.29 is 17.7 Å². The van der Waals surface area contributed by atoms with E-state index in [0.717, 1.165) is 6.42 Å². The molecule has 2 N–H and O–H groups in total. The fourth-order valence-corrected chi connectivity index (χ4v) is 3.64. The smallest absolute Gasteiger partial charge is 0.262 e. The number of carbonyl (C=O) groups is 1. The van der Waals surface area contributed by atoms with E-state index in [0.29, 0.717) is 41.5 Å². The van der Waals surface area contributed by atoms with E-state index in [1.54, 1.807) is 13.8 Å². The average molecular weight is 362 g/mol. The fourth-order valence-electron chi connectivity index (χ4n) is 2.56. The van der Waals surface area contributed by atoms with Gasteiger partial charge in [-0.25, -0.2) is 8.42 Å². The van der Waals surface area contributed by atoms with E-state index in [-0.39, 0.29) is 10.8 Å². The molecule has 0 fully saturated rings. The fraction of sp³-hybridized carbons (Fsp3) is 0.312. The molecule has 25 heavy (non-hydrogen) atoms. The lowest BCUT2D eigenvalue weighted by molar-refractivity contribution is 0.102. The second-order valence-corrected chi connectivity index (χ2v) is 7.40. The summed E-state index contributed by atoms with van der Waals surface area (Å²) in [5.74, 6) is 0.553. The SMILES string of the molecule is Cc1noc(C)c1C(=O)Nc1ccc(S(=O)(=O)NC2=NCCC2)cc1.